The molecule has 1 fully saturated rings. The molecule has 8 nitrogen and oxygen atoms in total. The van der Waals surface area contributed by atoms with E-state index in [1.165, 1.54) is 4.90 Å². The van der Waals surface area contributed by atoms with Crippen LogP contribution in [0.2, 0.25) is 0 Å². The zero-order valence-corrected chi connectivity index (χ0v) is 22.2. The van der Waals surface area contributed by atoms with Crippen molar-refractivity contribution in [2.75, 3.05) is 38.8 Å². The Morgan fingerprint density at radius 1 is 1.14 bits per heavy atom. The van der Waals surface area contributed by atoms with Gasteiger partial charge in [0, 0.05) is 30.4 Å². The van der Waals surface area contributed by atoms with Gasteiger partial charge < -0.3 is 19.5 Å². The molecule has 0 bridgehead atoms. The van der Waals surface area contributed by atoms with E-state index in [2.05, 4.69) is 21.2 Å². The van der Waals surface area contributed by atoms with Gasteiger partial charge in [-0.15, -0.1) is 0 Å². The average molecular weight is 563 g/mol. The van der Waals surface area contributed by atoms with E-state index in [0.29, 0.717) is 58.3 Å². The Balaban J connectivity index is 1.72. The molecular formula is C25H27BrN2O6S. The van der Waals surface area contributed by atoms with Crippen molar-refractivity contribution in [1.29, 1.82) is 0 Å². The molecule has 186 valence electrons. The number of hydrogen-bond donors (Lipinski definition) is 1. The van der Waals surface area contributed by atoms with Gasteiger partial charge in [-0.2, -0.15) is 0 Å². The molecule has 35 heavy (non-hydrogen) atoms. The average Bonchev–Trinajstić information content (AvgIpc) is 3.09. The summed E-state index contributed by atoms with van der Waals surface area (Å²) in [6, 6.07) is 10.9. The first kappa shape index (κ1) is 26.8. The number of rotatable bonds is 11. The summed E-state index contributed by atoms with van der Waals surface area (Å²) in [7, 11) is 1.57. The second-order valence-electron chi connectivity index (χ2n) is 7.64. The second-order valence-corrected chi connectivity index (χ2v) is 9.48. The number of thioether (sulfide) groups is 1. The highest BCUT2D eigenvalue weighted by atomic mass is 79.9. The minimum atomic E-state index is -0.339. The van der Waals surface area contributed by atoms with Gasteiger partial charge in [0.1, 0.15) is 0 Å². The predicted octanol–water partition coefficient (Wildman–Crippen LogP) is 5.25. The maximum Gasteiger partial charge on any atom is 0.293 e. The molecule has 1 heterocycles. The van der Waals surface area contributed by atoms with Gasteiger partial charge in [-0.25, -0.2) is 0 Å². The Morgan fingerprint density at radius 2 is 1.86 bits per heavy atom. The SMILES string of the molecule is CCOc1cc(/C=C2/SC(=O)N(CCCOC)C2=O)c(Br)cc1OCC(=O)Nc1ccc(C)cc1. The van der Waals surface area contributed by atoms with Crippen LogP contribution in [0.5, 0.6) is 11.5 Å². The first-order chi connectivity index (χ1) is 16.8. The molecule has 3 rings (SSSR count). The van der Waals surface area contributed by atoms with Gasteiger partial charge in [-0.1, -0.05) is 33.6 Å². The van der Waals surface area contributed by atoms with E-state index >= 15 is 0 Å². The van der Waals surface area contributed by atoms with E-state index in [1.807, 2.05) is 38.1 Å². The molecule has 1 N–H and O–H groups in total. The highest BCUT2D eigenvalue weighted by molar-refractivity contribution is 9.10. The normalized spacial score (nSPS) is 14.5. The molecule has 0 atom stereocenters. The van der Waals surface area contributed by atoms with E-state index in [0.717, 1.165) is 17.3 Å². The van der Waals surface area contributed by atoms with Crippen LogP contribution in [0.1, 0.15) is 24.5 Å². The minimum absolute atomic E-state index is 0.208. The van der Waals surface area contributed by atoms with Crippen LogP contribution >= 0.6 is 27.7 Å². The van der Waals surface area contributed by atoms with Gasteiger partial charge in [0.25, 0.3) is 17.1 Å². The van der Waals surface area contributed by atoms with E-state index in [9.17, 15) is 14.4 Å². The first-order valence-electron chi connectivity index (χ1n) is 11.0. The number of hydrogen-bond acceptors (Lipinski definition) is 7. The lowest BCUT2D eigenvalue weighted by Crippen LogP contribution is -2.29. The molecule has 0 aliphatic carbocycles. The number of halogens is 1. The molecule has 0 aromatic heterocycles. The van der Waals surface area contributed by atoms with Crippen LogP contribution in [0.15, 0.2) is 45.8 Å². The lowest BCUT2D eigenvalue weighted by atomic mass is 10.1. The number of nitrogens with one attached hydrogen (secondary N) is 1. The highest BCUT2D eigenvalue weighted by Gasteiger charge is 2.34. The molecule has 1 aliphatic heterocycles. The van der Waals surface area contributed by atoms with Gasteiger partial charge >= 0.3 is 0 Å². The third-order valence-corrected chi connectivity index (χ3v) is 6.54. The number of benzene rings is 2. The Hall–Kier alpha value is -2.82. The molecule has 2 aromatic carbocycles. The minimum Gasteiger partial charge on any atom is -0.490 e. The fraction of sp³-hybridized carbons (Fsp3) is 0.320. The van der Waals surface area contributed by atoms with Crippen molar-refractivity contribution in [2.45, 2.75) is 20.3 Å². The van der Waals surface area contributed by atoms with Crippen LogP contribution in [0.4, 0.5) is 10.5 Å². The number of carbonyl (C=O) groups is 3. The van der Waals surface area contributed by atoms with Crippen molar-refractivity contribution in [3.05, 3.63) is 56.9 Å². The number of carbonyl (C=O) groups excluding carboxylic acids is 3. The fourth-order valence-corrected chi connectivity index (χ4v) is 4.51. The Kier molecular flexibility index (Phi) is 9.76. The molecule has 0 saturated carbocycles. The third-order valence-electron chi connectivity index (χ3n) is 4.95. The van der Waals surface area contributed by atoms with Crippen LogP contribution in [0.3, 0.4) is 0 Å². The van der Waals surface area contributed by atoms with Gasteiger partial charge in [-0.05, 0) is 67.9 Å². The maximum absolute atomic E-state index is 12.7. The smallest absolute Gasteiger partial charge is 0.293 e. The number of imide groups is 1. The number of ether oxygens (including phenoxy) is 3. The van der Waals surface area contributed by atoms with Crippen molar-refractivity contribution in [1.82, 2.24) is 4.90 Å². The van der Waals surface area contributed by atoms with Crippen LogP contribution in [-0.4, -0.2) is 55.4 Å². The summed E-state index contributed by atoms with van der Waals surface area (Å²) in [5.41, 5.74) is 2.43. The van der Waals surface area contributed by atoms with Crippen molar-refractivity contribution < 1.29 is 28.6 Å². The van der Waals surface area contributed by atoms with Crippen LogP contribution in [0, 0.1) is 6.92 Å². The molecule has 1 aliphatic rings. The van der Waals surface area contributed by atoms with Crippen molar-refractivity contribution in [3.63, 3.8) is 0 Å². The van der Waals surface area contributed by atoms with Gasteiger partial charge in [0.2, 0.25) is 0 Å². The fourth-order valence-electron chi connectivity index (χ4n) is 3.22. The quantitative estimate of drug-likeness (QED) is 0.295. The lowest BCUT2D eigenvalue weighted by Gasteiger charge is -2.14. The summed E-state index contributed by atoms with van der Waals surface area (Å²) in [6.45, 7) is 4.75. The molecular weight excluding hydrogens is 536 g/mol. The zero-order valence-electron chi connectivity index (χ0n) is 19.8. The molecule has 0 spiro atoms. The molecule has 3 amide bonds. The predicted molar refractivity (Wildman–Crippen MR) is 140 cm³/mol. The summed E-state index contributed by atoms with van der Waals surface area (Å²) in [4.78, 5) is 38.9. The largest absolute Gasteiger partial charge is 0.490 e. The second kappa shape index (κ2) is 12.8. The van der Waals surface area contributed by atoms with Gasteiger partial charge in [0.15, 0.2) is 18.1 Å². The molecule has 1 saturated heterocycles. The van der Waals surface area contributed by atoms with E-state index in [4.69, 9.17) is 14.2 Å². The summed E-state index contributed by atoms with van der Waals surface area (Å²) in [6.07, 6.45) is 2.21. The molecule has 10 heteroatoms. The number of amides is 3. The Bertz CT molecular complexity index is 1120. The zero-order chi connectivity index (χ0) is 25.4. The van der Waals surface area contributed by atoms with Crippen LogP contribution in [0.25, 0.3) is 6.08 Å². The van der Waals surface area contributed by atoms with Crippen molar-refractivity contribution in [2.24, 2.45) is 0 Å². The number of aryl methyl sites for hydroxylation is 1. The number of nitrogens with zero attached hydrogens (tertiary/aromatic N) is 1. The maximum atomic E-state index is 12.7. The monoisotopic (exact) mass is 562 g/mol. The van der Waals surface area contributed by atoms with E-state index in [1.54, 1.807) is 25.3 Å². The molecule has 0 radical (unpaired) electrons. The summed E-state index contributed by atoms with van der Waals surface area (Å²) >= 11 is 4.39. The van der Waals surface area contributed by atoms with Gasteiger partial charge in [-0.3, -0.25) is 19.3 Å². The van der Waals surface area contributed by atoms with Gasteiger partial charge in [0.05, 0.1) is 11.5 Å². The molecule has 2 aromatic rings. The Labute approximate surface area is 217 Å². The first-order valence-corrected chi connectivity index (χ1v) is 12.6. The highest BCUT2D eigenvalue weighted by Crippen LogP contribution is 2.38. The van der Waals surface area contributed by atoms with E-state index < -0.39 is 0 Å². The summed E-state index contributed by atoms with van der Waals surface area (Å²) in [5, 5.41) is 2.48. The van der Waals surface area contributed by atoms with Crippen LogP contribution in [-0.2, 0) is 14.3 Å². The number of methoxy groups -OCH3 is 1. The van der Waals surface area contributed by atoms with Crippen LogP contribution < -0.4 is 14.8 Å². The number of anilines is 1. The molecule has 0 unspecified atom stereocenters. The summed E-state index contributed by atoms with van der Waals surface area (Å²) < 4.78 is 17.1. The van der Waals surface area contributed by atoms with Crippen molar-refractivity contribution in [3.8, 4) is 11.5 Å². The summed E-state index contributed by atoms with van der Waals surface area (Å²) in [5.74, 6) is 0.153. The van der Waals surface area contributed by atoms with Crippen molar-refractivity contribution >= 4 is 56.5 Å². The third kappa shape index (κ3) is 7.33. The standard InChI is InChI=1S/C25H27BrN2O6S/c1-4-33-20-12-17(13-22-24(30)28(25(31)35-22)10-5-11-32-3)19(26)14-21(20)34-15-23(29)27-18-8-6-16(2)7-9-18/h6-9,12-14H,4-5,10-11,15H2,1-3H3,(H,27,29)/b22-13+. The Morgan fingerprint density at radius 3 is 2.54 bits per heavy atom. The topological polar surface area (TPSA) is 94.2 Å². The lowest BCUT2D eigenvalue weighted by molar-refractivity contribution is -0.123. The van der Waals surface area contributed by atoms with E-state index in [-0.39, 0.29) is 23.7 Å².